The van der Waals surface area contributed by atoms with E-state index in [0.717, 1.165) is 18.7 Å². The molecule has 0 saturated carbocycles. The molecule has 1 saturated heterocycles. The van der Waals surface area contributed by atoms with Gasteiger partial charge in [-0.25, -0.2) is 0 Å². The second-order valence-electron chi connectivity index (χ2n) is 6.63. The fourth-order valence-electron chi connectivity index (χ4n) is 3.17. The SMILES string of the molecule is O=C(CCC(=O)N1CCN(CC(O)c2ccccc2)CC1)c1ccc(Cl)s1. The maximum Gasteiger partial charge on any atom is 0.223 e. The second kappa shape index (κ2) is 9.46. The third-order valence-corrected chi connectivity index (χ3v) is 6.03. The fourth-order valence-corrected chi connectivity index (χ4v) is 4.18. The molecule has 1 N–H and O–H groups in total. The van der Waals surface area contributed by atoms with Crippen molar-refractivity contribution in [3.05, 3.63) is 57.2 Å². The van der Waals surface area contributed by atoms with Crippen molar-refractivity contribution in [2.24, 2.45) is 0 Å². The molecule has 7 heteroatoms. The number of ketones is 1. The zero-order valence-electron chi connectivity index (χ0n) is 15.0. The van der Waals surface area contributed by atoms with E-state index in [1.807, 2.05) is 30.3 Å². The summed E-state index contributed by atoms with van der Waals surface area (Å²) < 4.78 is 0.582. The zero-order valence-corrected chi connectivity index (χ0v) is 16.6. The van der Waals surface area contributed by atoms with Crippen molar-refractivity contribution < 1.29 is 14.7 Å². The molecule has 1 aromatic carbocycles. The lowest BCUT2D eigenvalue weighted by Gasteiger charge is -2.35. The minimum atomic E-state index is -0.524. The highest BCUT2D eigenvalue weighted by atomic mass is 35.5. The molecule has 0 aliphatic carbocycles. The summed E-state index contributed by atoms with van der Waals surface area (Å²) in [6.45, 7) is 3.26. The number of β-amino-alcohol motifs (C(OH)–C–C–N with tert-alkyl or cyclic N) is 1. The first-order chi connectivity index (χ1) is 13.0. The number of aliphatic hydroxyl groups is 1. The number of thiophene rings is 1. The predicted molar refractivity (Wildman–Crippen MR) is 107 cm³/mol. The molecule has 1 amide bonds. The number of hydrogen-bond donors (Lipinski definition) is 1. The highest BCUT2D eigenvalue weighted by Crippen LogP contribution is 2.23. The molecule has 1 aliphatic rings. The Balaban J connectivity index is 1.40. The van der Waals surface area contributed by atoms with Gasteiger partial charge < -0.3 is 10.0 Å². The molecule has 1 fully saturated rings. The van der Waals surface area contributed by atoms with Gasteiger partial charge in [0.15, 0.2) is 5.78 Å². The smallest absolute Gasteiger partial charge is 0.223 e. The average Bonchev–Trinajstić information content (AvgIpc) is 3.13. The minimum Gasteiger partial charge on any atom is -0.387 e. The van der Waals surface area contributed by atoms with Crippen LogP contribution in [0.25, 0.3) is 0 Å². The monoisotopic (exact) mass is 406 g/mol. The summed E-state index contributed by atoms with van der Waals surface area (Å²) in [5.41, 5.74) is 0.906. The lowest BCUT2D eigenvalue weighted by Crippen LogP contribution is -2.49. The molecule has 5 nitrogen and oxygen atoms in total. The topological polar surface area (TPSA) is 60.9 Å². The highest BCUT2D eigenvalue weighted by Gasteiger charge is 2.23. The fraction of sp³-hybridized carbons (Fsp3) is 0.400. The standard InChI is InChI=1S/C20H23ClN2O3S/c21-19-8-7-18(27-19)16(24)6-9-20(26)23-12-10-22(11-13-23)14-17(25)15-4-2-1-3-5-15/h1-5,7-8,17,25H,6,9-14H2. The van der Waals surface area contributed by atoms with Crippen LogP contribution in [-0.4, -0.2) is 59.3 Å². The first kappa shape index (κ1) is 20.0. The Morgan fingerprint density at radius 3 is 2.37 bits per heavy atom. The van der Waals surface area contributed by atoms with Gasteiger partial charge in [-0.1, -0.05) is 41.9 Å². The van der Waals surface area contributed by atoms with E-state index in [1.54, 1.807) is 17.0 Å². The average molecular weight is 407 g/mol. The Hall–Kier alpha value is -1.73. The number of amides is 1. The van der Waals surface area contributed by atoms with E-state index in [-0.39, 0.29) is 24.5 Å². The summed E-state index contributed by atoms with van der Waals surface area (Å²) in [6.07, 6.45) is -0.0902. The Morgan fingerprint density at radius 1 is 1.04 bits per heavy atom. The molecule has 1 atom stereocenters. The number of rotatable bonds is 7. The summed E-state index contributed by atoms with van der Waals surface area (Å²) in [5, 5.41) is 10.3. The van der Waals surface area contributed by atoms with E-state index in [9.17, 15) is 14.7 Å². The number of halogens is 1. The summed E-state index contributed by atoms with van der Waals surface area (Å²) in [4.78, 5) is 29.0. The zero-order chi connectivity index (χ0) is 19.2. The van der Waals surface area contributed by atoms with E-state index in [0.29, 0.717) is 28.8 Å². The predicted octanol–water partition coefficient (Wildman–Crippen LogP) is 3.24. The maximum atomic E-state index is 12.4. The number of benzene rings is 1. The van der Waals surface area contributed by atoms with Crippen molar-refractivity contribution in [2.45, 2.75) is 18.9 Å². The number of Topliss-reactive ketones (excluding diaryl/α,β-unsaturated/α-hetero) is 1. The van der Waals surface area contributed by atoms with E-state index in [4.69, 9.17) is 11.6 Å². The largest absolute Gasteiger partial charge is 0.387 e. The van der Waals surface area contributed by atoms with Crippen molar-refractivity contribution >= 4 is 34.6 Å². The lowest BCUT2D eigenvalue weighted by molar-refractivity contribution is -0.133. The van der Waals surface area contributed by atoms with Crippen molar-refractivity contribution in [1.29, 1.82) is 0 Å². The van der Waals surface area contributed by atoms with Crippen LogP contribution in [-0.2, 0) is 4.79 Å². The molecule has 27 heavy (non-hydrogen) atoms. The van der Waals surface area contributed by atoms with Gasteiger partial charge in [-0.2, -0.15) is 0 Å². The van der Waals surface area contributed by atoms with Crippen LogP contribution >= 0.6 is 22.9 Å². The molecular weight excluding hydrogens is 384 g/mol. The van der Waals surface area contributed by atoms with Crippen molar-refractivity contribution in [3.63, 3.8) is 0 Å². The third-order valence-electron chi connectivity index (χ3n) is 4.75. The molecule has 0 bridgehead atoms. The normalized spacial score (nSPS) is 16.3. The molecule has 0 spiro atoms. The molecule has 1 unspecified atom stereocenters. The highest BCUT2D eigenvalue weighted by molar-refractivity contribution is 7.18. The number of hydrogen-bond acceptors (Lipinski definition) is 5. The van der Waals surface area contributed by atoms with Gasteiger partial charge in [-0.15, -0.1) is 11.3 Å². The summed E-state index contributed by atoms with van der Waals surface area (Å²) >= 11 is 7.09. The van der Waals surface area contributed by atoms with E-state index in [2.05, 4.69) is 4.90 Å². The van der Waals surface area contributed by atoms with Crippen LogP contribution in [0.4, 0.5) is 0 Å². The lowest BCUT2D eigenvalue weighted by atomic mass is 10.1. The van der Waals surface area contributed by atoms with Gasteiger partial charge in [-0.3, -0.25) is 14.5 Å². The van der Waals surface area contributed by atoms with E-state index in [1.165, 1.54) is 11.3 Å². The van der Waals surface area contributed by atoms with Crippen molar-refractivity contribution in [1.82, 2.24) is 9.80 Å². The molecule has 1 aromatic heterocycles. The number of carbonyl (C=O) groups is 2. The van der Waals surface area contributed by atoms with Crippen LogP contribution in [0.1, 0.15) is 34.2 Å². The Bertz CT molecular complexity index is 773. The first-order valence-corrected chi connectivity index (χ1v) is 10.2. The van der Waals surface area contributed by atoms with Gasteiger partial charge in [-0.05, 0) is 17.7 Å². The molecule has 3 rings (SSSR count). The second-order valence-corrected chi connectivity index (χ2v) is 8.35. The molecule has 1 aliphatic heterocycles. The quantitative estimate of drug-likeness (QED) is 0.717. The molecule has 2 heterocycles. The van der Waals surface area contributed by atoms with Crippen LogP contribution < -0.4 is 0 Å². The maximum absolute atomic E-state index is 12.4. The number of nitrogens with zero attached hydrogens (tertiary/aromatic N) is 2. The van der Waals surface area contributed by atoms with Gasteiger partial charge in [0.25, 0.3) is 0 Å². The Morgan fingerprint density at radius 2 is 1.74 bits per heavy atom. The third kappa shape index (κ3) is 5.62. The number of piperazine rings is 1. The molecule has 0 radical (unpaired) electrons. The van der Waals surface area contributed by atoms with E-state index >= 15 is 0 Å². The summed E-state index contributed by atoms with van der Waals surface area (Å²) in [7, 11) is 0. The Kier molecular flexibility index (Phi) is 7.01. The first-order valence-electron chi connectivity index (χ1n) is 9.04. The molecule has 2 aromatic rings. The van der Waals surface area contributed by atoms with Gasteiger partial charge in [0.1, 0.15) is 0 Å². The Labute approximate surface area is 168 Å². The van der Waals surface area contributed by atoms with Crippen LogP contribution in [0.5, 0.6) is 0 Å². The van der Waals surface area contributed by atoms with E-state index < -0.39 is 6.10 Å². The van der Waals surface area contributed by atoms with Crippen molar-refractivity contribution in [2.75, 3.05) is 32.7 Å². The van der Waals surface area contributed by atoms with Crippen molar-refractivity contribution in [3.8, 4) is 0 Å². The molecular formula is C20H23ClN2O3S. The van der Waals surface area contributed by atoms with Crippen LogP contribution in [0.15, 0.2) is 42.5 Å². The summed E-state index contributed by atoms with van der Waals surface area (Å²) in [6, 6.07) is 13.0. The van der Waals surface area contributed by atoms with Gasteiger partial charge >= 0.3 is 0 Å². The van der Waals surface area contributed by atoms with Crippen LogP contribution in [0, 0.1) is 0 Å². The van der Waals surface area contributed by atoms with Crippen LogP contribution in [0.2, 0.25) is 4.34 Å². The molecule has 144 valence electrons. The number of aliphatic hydroxyl groups excluding tert-OH is 1. The summed E-state index contributed by atoms with van der Waals surface area (Å²) in [5.74, 6) is -0.0286. The van der Waals surface area contributed by atoms with Gasteiger partial charge in [0.2, 0.25) is 5.91 Å². The number of carbonyl (C=O) groups excluding carboxylic acids is 2. The van der Waals surface area contributed by atoms with Crippen LogP contribution in [0.3, 0.4) is 0 Å². The van der Waals surface area contributed by atoms with Gasteiger partial charge in [0.05, 0.1) is 15.3 Å². The minimum absolute atomic E-state index is 0.00857. The van der Waals surface area contributed by atoms with Gasteiger partial charge in [0, 0.05) is 45.6 Å².